The predicted octanol–water partition coefficient (Wildman–Crippen LogP) is 3.70. The average Bonchev–Trinajstić information content (AvgIpc) is 2.61. The topological polar surface area (TPSA) is 38.8 Å². The number of methoxy groups -OCH3 is 2. The number of benzene rings is 2. The number of hydrogen-bond donors (Lipinski definition) is 0. The minimum atomic E-state index is -0.0557. The van der Waals surface area contributed by atoms with E-state index in [4.69, 9.17) is 9.47 Å². The third-order valence-electron chi connectivity index (χ3n) is 3.56. The molecule has 0 heterocycles. The molecule has 0 aliphatic rings. The molecule has 2 aromatic carbocycles. The second-order valence-corrected chi connectivity index (χ2v) is 5.96. The fourth-order valence-electron chi connectivity index (χ4n) is 2.27. The van der Waals surface area contributed by atoms with Gasteiger partial charge in [-0.15, -0.1) is 11.8 Å². The van der Waals surface area contributed by atoms with Crippen LogP contribution < -0.4 is 9.47 Å². The van der Waals surface area contributed by atoms with E-state index in [0.29, 0.717) is 23.6 Å². The minimum Gasteiger partial charge on any atom is -0.493 e. The highest BCUT2D eigenvalue weighted by molar-refractivity contribution is 7.98. The molecule has 0 spiro atoms. The Morgan fingerprint density at radius 1 is 1.04 bits per heavy atom. The van der Waals surface area contributed by atoms with Gasteiger partial charge in [-0.05, 0) is 42.2 Å². The van der Waals surface area contributed by atoms with Crippen LogP contribution in [0, 0.1) is 0 Å². The molecule has 0 N–H and O–H groups in total. The van der Waals surface area contributed by atoms with Gasteiger partial charge in [0.1, 0.15) is 0 Å². The summed E-state index contributed by atoms with van der Waals surface area (Å²) >= 11 is 1.70. The van der Waals surface area contributed by atoms with Gasteiger partial charge in [-0.2, -0.15) is 0 Å². The lowest BCUT2D eigenvalue weighted by Gasteiger charge is -2.18. The van der Waals surface area contributed by atoms with Gasteiger partial charge in [0.05, 0.1) is 14.2 Å². The fraction of sp³-hybridized carbons (Fsp3) is 0.278. The molecule has 2 rings (SSSR count). The van der Waals surface area contributed by atoms with E-state index in [1.165, 1.54) is 4.90 Å². The number of carbonyl (C=O) groups excluding carboxylic acids is 1. The molecule has 0 aliphatic heterocycles. The van der Waals surface area contributed by atoms with Gasteiger partial charge >= 0.3 is 0 Å². The van der Waals surface area contributed by atoms with E-state index < -0.39 is 0 Å². The third kappa shape index (κ3) is 4.20. The van der Waals surface area contributed by atoms with Crippen LogP contribution in [0.3, 0.4) is 0 Å². The molecule has 23 heavy (non-hydrogen) atoms. The Bertz CT molecular complexity index is 670. The van der Waals surface area contributed by atoms with Crippen molar-refractivity contribution in [2.75, 3.05) is 27.5 Å². The number of amides is 1. The molecule has 0 aliphatic carbocycles. The van der Waals surface area contributed by atoms with Crippen LogP contribution >= 0.6 is 11.8 Å². The first-order chi connectivity index (χ1) is 11.1. The van der Waals surface area contributed by atoms with E-state index >= 15 is 0 Å². The third-order valence-corrected chi connectivity index (χ3v) is 4.30. The molecule has 0 aromatic heterocycles. The van der Waals surface area contributed by atoms with Crippen LogP contribution in [0.5, 0.6) is 11.5 Å². The predicted molar refractivity (Wildman–Crippen MR) is 93.6 cm³/mol. The van der Waals surface area contributed by atoms with Gasteiger partial charge in [-0.25, -0.2) is 0 Å². The Hall–Kier alpha value is -2.14. The largest absolute Gasteiger partial charge is 0.493 e. The quantitative estimate of drug-likeness (QED) is 0.757. The van der Waals surface area contributed by atoms with Crippen LogP contribution in [0.15, 0.2) is 47.4 Å². The van der Waals surface area contributed by atoms with E-state index in [1.54, 1.807) is 56.1 Å². The number of thioether (sulfide) groups is 1. The molecule has 0 bridgehead atoms. The van der Waals surface area contributed by atoms with Gasteiger partial charge in [0.15, 0.2) is 11.5 Å². The molecule has 4 nitrogen and oxygen atoms in total. The van der Waals surface area contributed by atoms with Crippen molar-refractivity contribution < 1.29 is 14.3 Å². The van der Waals surface area contributed by atoms with Gasteiger partial charge in [-0.1, -0.05) is 12.1 Å². The molecule has 122 valence electrons. The van der Waals surface area contributed by atoms with Crippen molar-refractivity contribution in [2.24, 2.45) is 0 Å². The average molecular weight is 331 g/mol. The smallest absolute Gasteiger partial charge is 0.254 e. The summed E-state index contributed by atoms with van der Waals surface area (Å²) in [6.07, 6.45) is 2.04. The van der Waals surface area contributed by atoms with Gasteiger partial charge in [-0.3, -0.25) is 4.79 Å². The normalized spacial score (nSPS) is 10.3. The SMILES string of the molecule is COc1ccc(C(=O)N(C)Cc2ccc(SC)cc2)cc1OC. The maximum absolute atomic E-state index is 12.6. The molecule has 0 unspecified atom stereocenters. The molecule has 1 amide bonds. The summed E-state index contributed by atoms with van der Waals surface area (Å²) in [5.41, 5.74) is 1.67. The second-order valence-electron chi connectivity index (χ2n) is 5.08. The van der Waals surface area contributed by atoms with Crippen molar-refractivity contribution in [3.8, 4) is 11.5 Å². The Morgan fingerprint density at radius 3 is 2.26 bits per heavy atom. The molecule has 0 fully saturated rings. The summed E-state index contributed by atoms with van der Waals surface area (Å²) in [7, 11) is 4.92. The van der Waals surface area contributed by atoms with Gasteiger partial charge < -0.3 is 14.4 Å². The fourth-order valence-corrected chi connectivity index (χ4v) is 2.67. The lowest BCUT2D eigenvalue weighted by Crippen LogP contribution is -2.26. The summed E-state index contributed by atoms with van der Waals surface area (Å²) < 4.78 is 10.4. The Balaban J connectivity index is 2.12. The van der Waals surface area contributed by atoms with E-state index in [2.05, 4.69) is 12.1 Å². The first-order valence-electron chi connectivity index (χ1n) is 7.19. The van der Waals surface area contributed by atoms with E-state index in [1.807, 2.05) is 18.4 Å². The Kier molecular flexibility index (Phi) is 5.93. The van der Waals surface area contributed by atoms with Crippen LogP contribution in [0.2, 0.25) is 0 Å². The van der Waals surface area contributed by atoms with Crippen molar-refractivity contribution >= 4 is 17.7 Å². The zero-order valence-corrected chi connectivity index (χ0v) is 14.6. The van der Waals surface area contributed by atoms with E-state index in [-0.39, 0.29) is 5.91 Å². The highest BCUT2D eigenvalue weighted by Crippen LogP contribution is 2.28. The molecule has 5 heteroatoms. The van der Waals surface area contributed by atoms with E-state index in [0.717, 1.165) is 5.56 Å². The van der Waals surface area contributed by atoms with Gasteiger partial charge in [0.25, 0.3) is 5.91 Å². The van der Waals surface area contributed by atoms with E-state index in [9.17, 15) is 4.79 Å². The lowest BCUT2D eigenvalue weighted by molar-refractivity contribution is 0.0784. The molecular weight excluding hydrogens is 310 g/mol. The maximum Gasteiger partial charge on any atom is 0.254 e. The Morgan fingerprint density at radius 2 is 1.70 bits per heavy atom. The zero-order chi connectivity index (χ0) is 16.8. The van der Waals surface area contributed by atoms with Crippen LogP contribution in [-0.4, -0.2) is 38.3 Å². The summed E-state index contributed by atoms with van der Waals surface area (Å²) in [5.74, 6) is 1.11. The first kappa shape index (κ1) is 17.2. The molecule has 2 aromatic rings. The monoisotopic (exact) mass is 331 g/mol. The molecule has 0 saturated heterocycles. The number of rotatable bonds is 6. The summed E-state index contributed by atoms with van der Waals surface area (Å²) in [5, 5.41) is 0. The maximum atomic E-state index is 12.6. The number of ether oxygens (including phenoxy) is 2. The zero-order valence-electron chi connectivity index (χ0n) is 13.8. The summed E-state index contributed by atoms with van der Waals surface area (Å²) in [4.78, 5) is 15.5. The molecule has 0 atom stereocenters. The van der Waals surface area contributed by atoms with Crippen molar-refractivity contribution in [3.63, 3.8) is 0 Å². The van der Waals surface area contributed by atoms with Crippen LogP contribution in [0.1, 0.15) is 15.9 Å². The molecule has 0 radical (unpaired) electrons. The minimum absolute atomic E-state index is 0.0557. The van der Waals surface area contributed by atoms with Crippen LogP contribution in [0.25, 0.3) is 0 Å². The highest BCUT2D eigenvalue weighted by Gasteiger charge is 2.15. The number of nitrogens with zero attached hydrogens (tertiary/aromatic N) is 1. The first-order valence-corrected chi connectivity index (χ1v) is 8.42. The Labute approximate surface area is 141 Å². The van der Waals surface area contributed by atoms with Gasteiger partial charge in [0, 0.05) is 24.1 Å². The van der Waals surface area contributed by atoms with Crippen LogP contribution in [-0.2, 0) is 6.54 Å². The number of hydrogen-bond acceptors (Lipinski definition) is 4. The number of carbonyl (C=O) groups is 1. The van der Waals surface area contributed by atoms with Gasteiger partial charge in [0.2, 0.25) is 0 Å². The van der Waals surface area contributed by atoms with Crippen molar-refractivity contribution in [1.82, 2.24) is 4.90 Å². The second kappa shape index (κ2) is 7.92. The lowest BCUT2D eigenvalue weighted by atomic mass is 10.1. The highest BCUT2D eigenvalue weighted by atomic mass is 32.2. The van der Waals surface area contributed by atoms with Crippen molar-refractivity contribution in [2.45, 2.75) is 11.4 Å². The molecular formula is C18H21NO3S. The van der Waals surface area contributed by atoms with Crippen molar-refractivity contribution in [3.05, 3.63) is 53.6 Å². The van der Waals surface area contributed by atoms with Crippen LogP contribution in [0.4, 0.5) is 0 Å². The summed E-state index contributed by atoms with van der Waals surface area (Å²) in [6.45, 7) is 0.557. The standard InChI is InChI=1S/C18H21NO3S/c1-19(12-13-5-8-15(23-4)9-6-13)18(20)14-7-10-16(21-2)17(11-14)22-3/h5-11H,12H2,1-4H3. The summed E-state index contributed by atoms with van der Waals surface area (Å²) in [6, 6.07) is 13.4. The molecule has 0 saturated carbocycles. The van der Waals surface area contributed by atoms with Crippen molar-refractivity contribution in [1.29, 1.82) is 0 Å².